The zero-order valence-corrected chi connectivity index (χ0v) is 20.2. The summed E-state index contributed by atoms with van der Waals surface area (Å²) in [7, 11) is 0. The van der Waals surface area contributed by atoms with Gasteiger partial charge >= 0.3 is 12.1 Å². The third-order valence-electron chi connectivity index (χ3n) is 7.42. The van der Waals surface area contributed by atoms with Crippen LogP contribution in [-0.4, -0.2) is 56.6 Å². The molecule has 1 saturated heterocycles. The van der Waals surface area contributed by atoms with Gasteiger partial charge in [-0.25, -0.2) is 14.6 Å². The van der Waals surface area contributed by atoms with Crippen LogP contribution in [0.2, 0.25) is 0 Å². The molecule has 2 aliphatic rings. The number of aliphatic carboxylic acids is 1. The van der Waals surface area contributed by atoms with E-state index in [4.69, 9.17) is 4.74 Å². The van der Waals surface area contributed by atoms with Crippen molar-refractivity contribution in [3.63, 3.8) is 0 Å². The molecule has 2 atom stereocenters. The molecule has 0 radical (unpaired) electrons. The average molecular weight is 491 g/mol. The van der Waals surface area contributed by atoms with Gasteiger partial charge in [-0.1, -0.05) is 24.3 Å². The number of fused-ring (bicyclic) bond motifs is 2. The number of aryl methyl sites for hydroxylation is 2. The van der Waals surface area contributed by atoms with Crippen LogP contribution in [-0.2, 0) is 27.2 Å². The number of aromatic nitrogens is 2. The maximum absolute atomic E-state index is 12.9. The molecule has 2 N–H and O–H groups in total. The molecule has 0 spiro atoms. The summed E-state index contributed by atoms with van der Waals surface area (Å²) in [5.74, 6) is -1.08. The summed E-state index contributed by atoms with van der Waals surface area (Å²) in [5, 5.41) is 12.8. The van der Waals surface area contributed by atoms with Gasteiger partial charge in [-0.05, 0) is 61.3 Å². The van der Waals surface area contributed by atoms with Crippen molar-refractivity contribution in [2.24, 2.45) is 11.8 Å². The maximum atomic E-state index is 12.9. The quantitative estimate of drug-likeness (QED) is 0.564. The normalized spacial score (nSPS) is 19.3. The SMILES string of the molecule is Cc1cc(C[C@@H](OC(=O)N2CCC(C3CCc4ccccc4NC3=O)CC2)C(=O)O)cn2cncc12. The van der Waals surface area contributed by atoms with Gasteiger partial charge in [0, 0.05) is 37.3 Å². The highest BCUT2D eigenvalue weighted by Crippen LogP contribution is 2.33. The second-order valence-corrected chi connectivity index (χ2v) is 9.75. The van der Waals surface area contributed by atoms with E-state index in [9.17, 15) is 19.5 Å². The second kappa shape index (κ2) is 10.0. The summed E-state index contributed by atoms with van der Waals surface area (Å²) in [6.07, 6.45) is 6.33. The van der Waals surface area contributed by atoms with E-state index in [0.29, 0.717) is 25.9 Å². The van der Waals surface area contributed by atoms with Crippen molar-refractivity contribution in [2.45, 2.75) is 45.1 Å². The highest BCUT2D eigenvalue weighted by Gasteiger charge is 2.35. The number of hydrogen-bond donors (Lipinski definition) is 2. The number of carbonyl (C=O) groups is 3. The van der Waals surface area contributed by atoms with E-state index in [2.05, 4.69) is 10.3 Å². The van der Waals surface area contributed by atoms with E-state index < -0.39 is 18.2 Å². The number of imidazole rings is 1. The van der Waals surface area contributed by atoms with Crippen LogP contribution in [0.25, 0.3) is 5.52 Å². The Morgan fingerprint density at radius 2 is 2.00 bits per heavy atom. The number of nitrogens with zero attached hydrogens (tertiary/aromatic N) is 3. The van der Waals surface area contributed by atoms with Gasteiger partial charge in [-0.2, -0.15) is 0 Å². The minimum atomic E-state index is -1.29. The second-order valence-electron chi connectivity index (χ2n) is 9.75. The number of hydrogen-bond acceptors (Lipinski definition) is 5. The molecule has 1 aromatic carbocycles. The first kappa shape index (κ1) is 23.8. The zero-order valence-electron chi connectivity index (χ0n) is 20.2. The smallest absolute Gasteiger partial charge is 0.410 e. The molecule has 2 amide bonds. The number of benzene rings is 1. The Balaban J connectivity index is 1.18. The molecule has 0 aliphatic carbocycles. The first-order valence-electron chi connectivity index (χ1n) is 12.4. The molecule has 188 valence electrons. The van der Waals surface area contributed by atoms with Gasteiger partial charge < -0.3 is 24.5 Å². The Labute approximate surface area is 209 Å². The van der Waals surface area contributed by atoms with Gasteiger partial charge in [0.2, 0.25) is 12.0 Å². The third kappa shape index (κ3) is 4.91. The lowest BCUT2D eigenvalue weighted by atomic mass is 9.81. The van der Waals surface area contributed by atoms with Crippen LogP contribution < -0.4 is 5.32 Å². The van der Waals surface area contributed by atoms with Gasteiger partial charge in [0.1, 0.15) is 0 Å². The Bertz CT molecular complexity index is 1290. The van der Waals surface area contributed by atoms with Crippen LogP contribution in [0.4, 0.5) is 10.5 Å². The standard InChI is InChI=1S/C27H30N4O5/c1-17-12-18(15-31-16-28-14-23(17)31)13-24(26(33)34)36-27(35)30-10-8-19(9-11-30)21-7-6-20-4-2-3-5-22(20)29-25(21)32/h2-5,12,14-16,19,21,24H,6-11,13H2,1H3,(H,29,32)(H,33,34)/t21?,24-/m1/s1. The van der Waals surface area contributed by atoms with Crippen molar-refractivity contribution in [3.8, 4) is 0 Å². The highest BCUT2D eigenvalue weighted by molar-refractivity contribution is 5.94. The molecule has 2 aromatic heterocycles. The minimum Gasteiger partial charge on any atom is -0.478 e. The number of nitrogens with one attached hydrogen (secondary N) is 1. The van der Waals surface area contributed by atoms with Crippen molar-refractivity contribution >= 4 is 29.2 Å². The summed E-state index contributed by atoms with van der Waals surface area (Å²) < 4.78 is 7.27. The van der Waals surface area contributed by atoms with Crippen LogP contribution >= 0.6 is 0 Å². The van der Waals surface area contributed by atoms with Crippen molar-refractivity contribution in [1.29, 1.82) is 0 Å². The molecular weight excluding hydrogens is 460 g/mol. The Hall–Kier alpha value is -3.88. The molecular formula is C27H30N4O5. The fourth-order valence-electron chi connectivity index (χ4n) is 5.44. The number of anilines is 1. The molecule has 9 nitrogen and oxygen atoms in total. The van der Waals surface area contributed by atoms with E-state index >= 15 is 0 Å². The molecule has 5 rings (SSSR count). The molecule has 1 unspecified atom stereocenters. The van der Waals surface area contributed by atoms with Gasteiger partial charge in [-0.15, -0.1) is 0 Å². The van der Waals surface area contributed by atoms with Crippen molar-refractivity contribution in [2.75, 3.05) is 18.4 Å². The number of likely N-dealkylation sites (tertiary alicyclic amines) is 1. The molecule has 9 heteroatoms. The molecule has 1 fully saturated rings. The average Bonchev–Trinajstić information content (AvgIpc) is 3.27. The largest absolute Gasteiger partial charge is 0.478 e. The number of para-hydroxylation sites is 1. The van der Waals surface area contributed by atoms with E-state index in [1.807, 2.05) is 41.7 Å². The number of carboxylic acid groups (broad SMARTS) is 1. The van der Waals surface area contributed by atoms with Crippen molar-refractivity contribution < 1.29 is 24.2 Å². The fourth-order valence-corrected chi connectivity index (χ4v) is 5.44. The summed E-state index contributed by atoms with van der Waals surface area (Å²) in [5.41, 5.74) is 4.69. The number of carbonyl (C=O) groups excluding carboxylic acids is 2. The van der Waals surface area contributed by atoms with E-state index in [0.717, 1.165) is 40.7 Å². The van der Waals surface area contributed by atoms with Gasteiger partial charge in [0.15, 0.2) is 0 Å². The lowest BCUT2D eigenvalue weighted by Crippen LogP contribution is -2.44. The monoisotopic (exact) mass is 490 g/mol. The van der Waals surface area contributed by atoms with Crippen LogP contribution in [0.1, 0.15) is 36.0 Å². The number of piperidine rings is 1. The first-order chi connectivity index (χ1) is 17.4. The number of amides is 2. The Morgan fingerprint density at radius 1 is 1.22 bits per heavy atom. The molecule has 0 saturated carbocycles. The van der Waals surface area contributed by atoms with Crippen molar-refractivity contribution in [3.05, 3.63) is 65.7 Å². The number of ether oxygens (including phenoxy) is 1. The molecule has 2 aliphatic heterocycles. The Kier molecular flexibility index (Phi) is 6.63. The summed E-state index contributed by atoms with van der Waals surface area (Å²) in [6.45, 7) is 2.80. The number of rotatable bonds is 5. The van der Waals surface area contributed by atoms with Crippen LogP contribution in [0.15, 0.2) is 49.1 Å². The van der Waals surface area contributed by atoms with Crippen molar-refractivity contribution in [1.82, 2.24) is 14.3 Å². The highest BCUT2D eigenvalue weighted by atomic mass is 16.6. The van der Waals surface area contributed by atoms with Crippen LogP contribution in [0.3, 0.4) is 0 Å². The van der Waals surface area contributed by atoms with Gasteiger partial charge in [0.05, 0.1) is 18.0 Å². The predicted octanol–water partition coefficient (Wildman–Crippen LogP) is 3.69. The summed E-state index contributed by atoms with van der Waals surface area (Å²) >= 11 is 0. The van der Waals surface area contributed by atoms with E-state index in [1.54, 1.807) is 23.6 Å². The predicted molar refractivity (Wildman–Crippen MR) is 133 cm³/mol. The minimum absolute atomic E-state index is 0.0390. The molecule has 4 heterocycles. The molecule has 3 aromatic rings. The number of pyridine rings is 1. The summed E-state index contributed by atoms with van der Waals surface area (Å²) in [4.78, 5) is 43.3. The lowest BCUT2D eigenvalue weighted by Gasteiger charge is -2.35. The molecule has 36 heavy (non-hydrogen) atoms. The van der Waals surface area contributed by atoms with Gasteiger partial charge in [-0.3, -0.25) is 4.79 Å². The topological polar surface area (TPSA) is 113 Å². The summed E-state index contributed by atoms with van der Waals surface area (Å²) in [6, 6.07) is 9.77. The molecule has 0 bridgehead atoms. The van der Waals surface area contributed by atoms with E-state index in [-0.39, 0.29) is 24.2 Å². The first-order valence-corrected chi connectivity index (χ1v) is 12.4. The van der Waals surface area contributed by atoms with Crippen LogP contribution in [0, 0.1) is 18.8 Å². The Morgan fingerprint density at radius 3 is 2.78 bits per heavy atom. The fraction of sp³-hybridized carbons (Fsp3) is 0.407. The van der Waals surface area contributed by atoms with Crippen LogP contribution in [0.5, 0.6) is 0 Å². The zero-order chi connectivity index (χ0) is 25.2. The lowest BCUT2D eigenvalue weighted by molar-refractivity contribution is -0.147. The third-order valence-corrected chi connectivity index (χ3v) is 7.42. The maximum Gasteiger partial charge on any atom is 0.410 e. The number of carboxylic acids is 1. The van der Waals surface area contributed by atoms with E-state index in [1.165, 1.54) is 0 Å². The van der Waals surface area contributed by atoms with Gasteiger partial charge in [0.25, 0.3) is 0 Å².